The predicted octanol–water partition coefficient (Wildman–Crippen LogP) is 3.61. The van der Waals surface area contributed by atoms with Gasteiger partial charge >= 0.3 is 0 Å². The molecular formula is C17H21NO3. The third-order valence-electron chi connectivity index (χ3n) is 3.02. The third-order valence-corrected chi connectivity index (χ3v) is 3.02. The van der Waals surface area contributed by atoms with Gasteiger partial charge in [0.15, 0.2) is 5.76 Å². The topological polar surface area (TPSA) is 51.5 Å². The molecule has 0 saturated heterocycles. The second kappa shape index (κ2) is 6.48. The van der Waals surface area contributed by atoms with Crippen LogP contribution in [0, 0.1) is 13.8 Å². The molecule has 0 radical (unpaired) electrons. The molecule has 21 heavy (non-hydrogen) atoms. The molecule has 0 aliphatic carbocycles. The van der Waals surface area contributed by atoms with Crippen LogP contribution in [-0.4, -0.2) is 11.9 Å². The van der Waals surface area contributed by atoms with E-state index in [0.29, 0.717) is 18.1 Å². The Hall–Kier alpha value is -2.23. The Morgan fingerprint density at radius 2 is 2.00 bits per heavy atom. The molecule has 0 atom stereocenters. The maximum Gasteiger partial charge on any atom is 0.287 e. The first-order valence-electron chi connectivity index (χ1n) is 7.05. The first-order chi connectivity index (χ1) is 9.95. The van der Waals surface area contributed by atoms with Gasteiger partial charge in [0, 0.05) is 6.04 Å². The molecule has 0 aliphatic heterocycles. The molecule has 1 amide bonds. The molecule has 0 unspecified atom stereocenters. The van der Waals surface area contributed by atoms with E-state index in [4.69, 9.17) is 9.15 Å². The molecule has 0 fully saturated rings. The molecule has 112 valence electrons. The van der Waals surface area contributed by atoms with E-state index in [1.54, 1.807) is 12.1 Å². The van der Waals surface area contributed by atoms with Gasteiger partial charge in [0.1, 0.15) is 18.1 Å². The SMILES string of the molecule is Cc1ccc(C)c(OCc2ccc(C(=O)NC(C)C)o2)c1. The number of rotatable bonds is 5. The van der Waals surface area contributed by atoms with E-state index < -0.39 is 0 Å². The summed E-state index contributed by atoms with van der Waals surface area (Å²) in [6, 6.07) is 9.57. The van der Waals surface area contributed by atoms with Crippen molar-refractivity contribution in [2.24, 2.45) is 0 Å². The molecule has 4 nitrogen and oxygen atoms in total. The van der Waals surface area contributed by atoms with Gasteiger partial charge in [0.25, 0.3) is 5.91 Å². The van der Waals surface area contributed by atoms with Crippen LogP contribution in [-0.2, 0) is 6.61 Å². The molecule has 0 bridgehead atoms. The fraction of sp³-hybridized carbons (Fsp3) is 0.353. The molecule has 1 heterocycles. The zero-order chi connectivity index (χ0) is 15.4. The van der Waals surface area contributed by atoms with Crippen LogP contribution in [0.5, 0.6) is 5.75 Å². The van der Waals surface area contributed by atoms with Gasteiger partial charge in [0.05, 0.1) is 0 Å². The van der Waals surface area contributed by atoms with Crippen LogP contribution in [0.4, 0.5) is 0 Å². The summed E-state index contributed by atoms with van der Waals surface area (Å²) < 4.78 is 11.3. The van der Waals surface area contributed by atoms with Gasteiger partial charge in [0.2, 0.25) is 0 Å². The Labute approximate surface area is 125 Å². The molecule has 1 aromatic carbocycles. The summed E-state index contributed by atoms with van der Waals surface area (Å²) in [6.45, 7) is 8.14. The number of carbonyl (C=O) groups excluding carboxylic acids is 1. The van der Waals surface area contributed by atoms with Crippen molar-refractivity contribution in [1.82, 2.24) is 5.32 Å². The highest BCUT2D eigenvalue weighted by Crippen LogP contribution is 2.21. The lowest BCUT2D eigenvalue weighted by atomic mass is 10.1. The Kier molecular flexibility index (Phi) is 4.68. The zero-order valence-corrected chi connectivity index (χ0v) is 12.9. The largest absolute Gasteiger partial charge is 0.485 e. The maximum absolute atomic E-state index is 11.8. The monoisotopic (exact) mass is 287 g/mol. The van der Waals surface area contributed by atoms with Crippen LogP contribution in [0.25, 0.3) is 0 Å². The number of furan rings is 1. The predicted molar refractivity (Wildman–Crippen MR) is 81.6 cm³/mol. The average molecular weight is 287 g/mol. The summed E-state index contributed by atoms with van der Waals surface area (Å²) in [7, 11) is 0. The quantitative estimate of drug-likeness (QED) is 0.914. The van der Waals surface area contributed by atoms with Crippen LogP contribution < -0.4 is 10.1 Å². The summed E-state index contributed by atoms with van der Waals surface area (Å²) in [5.74, 6) is 1.57. The second-order valence-corrected chi connectivity index (χ2v) is 5.45. The van der Waals surface area contributed by atoms with Gasteiger partial charge in [-0.05, 0) is 57.0 Å². The van der Waals surface area contributed by atoms with Gasteiger partial charge in [-0.25, -0.2) is 0 Å². The van der Waals surface area contributed by atoms with Crippen molar-refractivity contribution >= 4 is 5.91 Å². The van der Waals surface area contributed by atoms with Gasteiger partial charge in [-0.15, -0.1) is 0 Å². The Morgan fingerprint density at radius 3 is 2.71 bits per heavy atom. The molecule has 2 rings (SSSR count). The van der Waals surface area contributed by atoms with Crippen LogP contribution in [0.2, 0.25) is 0 Å². The Morgan fingerprint density at radius 1 is 1.24 bits per heavy atom. The van der Waals surface area contributed by atoms with Crippen molar-refractivity contribution in [2.45, 2.75) is 40.3 Å². The molecule has 0 aliphatic rings. The van der Waals surface area contributed by atoms with Gasteiger partial charge in [-0.1, -0.05) is 12.1 Å². The van der Waals surface area contributed by atoms with E-state index >= 15 is 0 Å². The van der Waals surface area contributed by atoms with E-state index in [-0.39, 0.29) is 11.9 Å². The van der Waals surface area contributed by atoms with Gasteiger partial charge in [-0.2, -0.15) is 0 Å². The maximum atomic E-state index is 11.8. The number of amides is 1. The van der Waals surface area contributed by atoms with Crippen molar-refractivity contribution in [1.29, 1.82) is 0 Å². The van der Waals surface area contributed by atoms with Crippen LogP contribution >= 0.6 is 0 Å². The lowest BCUT2D eigenvalue weighted by molar-refractivity contribution is 0.0911. The summed E-state index contributed by atoms with van der Waals surface area (Å²) in [4.78, 5) is 11.8. The molecule has 0 spiro atoms. The highest BCUT2D eigenvalue weighted by atomic mass is 16.5. The average Bonchev–Trinajstić information content (AvgIpc) is 2.88. The number of benzene rings is 1. The summed E-state index contributed by atoms with van der Waals surface area (Å²) >= 11 is 0. The minimum Gasteiger partial charge on any atom is -0.485 e. The normalized spacial score (nSPS) is 10.7. The fourth-order valence-electron chi connectivity index (χ4n) is 1.92. The van der Waals surface area contributed by atoms with Crippen molar-refractivity contribution in [3.8, 4) is 5.75 Å². The van der Waals surface area contributed by atoms with Crippen molar-refractivity contribution in [3.63, 3.8) is 0 Å². The van der Waals surface area contributed by atoms with Crippen LogP contribution in [0.3, 0.4) is 0 Å². The third kappa shape index (κ3) is 4.12. The fourth-order valence-corrected chi connectivity index (χ4v) is 1.92. The van der Waals surface area contributed by atoms with E-state index in [1.165, 1.54) is 0 Å². The number of aryl methyl sites for hydroxylation is 2. The molecule has 0 saturated carbocycles. The molecule has 2 aromatic rings. The van der Waals surface area contributed by atoms with Crippen LogP contribution in [0.15, 0.2) is 34.7 Å². The van der Waals surface area contributed by atoms with E-state index in [9.17, 15) is 4.79 Å². The zero-order valence-electron chi connectivity index (χ0n) is 12.9. The minimum absolute atomic E-state index is 0.0808. The Balaban J connectivity index is 2.00. The standard InChI is InChI=1S/C17H21NO3/c1-11(2)18-17(19)15-8-7-14(21-15)10-20-16-9-12(3)5-6-13(16)4/h5-9,11H,10H2,1-4H3,(H,18,19). The smallest absolute Gasteiger partial charge is 0.287 e. The Bertz CT molecular complexity index is 629. The van der Waals surface area contributed by atoms with E-state index in [1.807, 2.05) is 45.9 Å². The molecule has 1 N–H and O–H groups in total. The van der Waals surface area contributed by atoms with Crippen molar-refractivity contribution in [2.75, 3.05) is 0 Å². The molecule has 1 aromatic heterocycles. The second-order valence-electron chi connectivity index (χ2n) is 5.45. The highest BCUT2D eigenvalue weighted by Gasteiger charge is 2.12. The minimum atomic E-state index is -0.206. The van der Waals surface area contributed by atoms with Gasteiger partial charge < -0.3 is 14.5 Å². The van der Waals surface area contributed by atoms with E-state index in [0.717, 1.165) is 16.9 Å². The lowest BCUT2D eigenvalue weighted by Crippen LogP contribution is -2.29. The number of hydrogen-bond acceptors (Lipinski definition) is 3. The summed E-state index contributed by atoms with van der Waals surface area (Å²) in [5.41, 5.74) is 2.22. The van der Waals surface area contributed by atoms with E-state index in [2.05, 4.69) is 5.32 Å². The first-order valence-corrected chi connectivity index (χ1v) is 7.05. The number of nitrogens with one attached hydrogen (secondary N) is 1. The molecular weight excluding hydrogens is 266 g/mol. The molecule has 4 heteroatoms. The number of ether oxygens (including phenoxy) is 1. The van der Waals surface area contributed by atoms with Crippen molar-refractivity contribution in [3.05, 3.63) is 53.0 Å². The van der Waals surface area contributed by atoms with Crippen LogP contribution in [0.1, 0.15) is 41.3 Å². The van der Waals surface area contributed by atoms with Crippen molar-refractivity contribution < 1.29 is 13.9 Å². The van der Waals surface area contributed by atoms with Gasteiger partial charge in [-0.3, -0.25) is 4.79 Å². The number of hydrogen-bond donors (Lipinski definition) is 1. The lowest BCUT2D eigenvalue weighted by Gasteiger charge is -2.08. The summed E-state index contributed by atoms with van der Waals surface area (Å²) in [5, 5.41) is 2.79. The first kappa shape index (κ1) is 15.2. The summed E-state index contributed by atoms with van der Waals surface area (Å²) in [6.07, 6.45) is 0. The number of carbonyl (C=O) groups is 1. The highest BCUT2D eigenvalue weighted by molar-refractivity contribution is 5.91.